The average Bonchev–Trinajstić information content (AvgIpc) is 2.97. The molecule has 1 heterocycles. The van der Waals surface area contributed by atoms with Gasteiger partial charge in [0.25, 0.3) is 0 Å². The van der Waals surface area contributed by atoms with E-state index >= 15 is 0 Å². The molecule has 0 aliphatic rings. The number of methoxy groups -OCH3 is 2. The van der Waals surface area contributed by atoms with Crippen molar-refractivity contribution in [1.82, 2.24) is 9.55 Å². The normalized spacial score (nSPS) is 11.3. The van der Waals surface area contributed by atoms with Gasteiger partial charge in [0.1, 0.15) is 5.82 Å². The van der Waals surface area contributed by atoms with Crippen LogP contribution in [0, 0.1) is 5.92 Å². The SMILES string of the molecule is COc1cc2nc(-c3ccc(CN)cc3)n(CC(C)C)c2cc1OC. The van der Waals surface area contributed by atoms with Crippen molar-refractivity contribution in [2.75, 3.05) is 14.2 Å². The fraction of sp³-hybridized carbons (Fsp3) is 0.350. The summed E-state index contributed by atoms with van der Waals surface area (Å²) in [5.41, 5.74) is 9.84. The summed E-state index contributed by atoms with van der Waals surface area (Å²) >= 11 is 0. The molecule has 2 N–H and O–H groups in total. The lowest BCUT2D eigenvalue weighted by Gasteiger charge is -2.13. The van der Waals surface area contributed by atoms with Gasteiger partial charge in [-0.2, -0.15) is 0 Å². The molecule has 25 heavy (non-hydrogen) atoms. The highest BCUT2D eigenvalue weighted by Crippen LogP contribution is 2.35. The lowest BCUT2D eigenvalue weighted by Crippen LogP contribution is -2.06. The predicted molar refractivity (Wildman–Crippen MR) is 101 cm³/mol. The van der Waals surface area contributed by atoms with E-state index in [0.29, 0.717) is 24.0 Å². The quantitative estimate of drug-likeness (QED) is 0.741. The molecule has 2 aromatic carbocycles. The second-order valence-corrected chi connectivity index (χ2v) is 6.54. The second-order valence-electron chi connectivity index (χ2n) is 6.54. The van der Waals surface area contributed by atoms with E-state index in [0.717, 1.165) is 34.5 Å². The van der Waals surface area contributed by atoms with Crippen molar-refractivity contribution in [2.45, 2.75) is 26.9 Å². The van der Waals surface area contributed by atoms with Gasteiger partial charge in [0.15, 0.2) is 11.5 Å². The number of aromatic nitrogens is 2. The minimum absolute atomic E-state index is 0.493. The zero-order chi connectivity index (χ0) is 18.0. The van der Waals surface area contributed by atoms with Gasteiger partial charge in [-0.05, 0) is 11.5 Å². The highest BCUT2D eigenvalue weighted by Gasteiger charge is 2.17. The van der Waals surface area contributed by atoms with Gasteiger partial charge >= 0.3 is 0 Å². The maximum atomic E-state index is 5.71. The van der Waals surface area contributed by atoms with Crippen molar-refractivity contribution in [3.05, 3.63) is 42.0 Å². The van der Waals surface area contributed by atoms with Gasteiger partial charge in [0.2, 0.25) is 0 Å². The smallest absolute Gasteiger partial charge is 0.163 e. The molecule has 0 unspecified atom stereocenters. The molecule has 0 fully saturated rings. The van der Waals surface area contributed by atoms with Crippen LogP contribution in [0.1, 0.15) is 19.4 Å². The van der Waals surface area contributed by atoms with Crippen LogP contribution >= 0.6 is 0 Å². The number of ether oxygens (including phenoxy) is 2. The van der Waals surface area contributed by atoms with E-state index in [9.17, 15) is 0 Å². The van der Waals surface area contributed by atoms with Crippen LogP contribution in [0.5, 0.6) is 11.5 Å². The van der Waals surface area contributed by atoms with E-state index in [2.05, 4.69) is 42.7 Å². The van der Waals surface area contributed by atoms with Crippen LogP contribution in [0.15, 0.2) is 36.4 Å². The number of benzene rings is 2. The monoisotopic (exact) mass is 339 g/mol. The number of nitrogens with zero attached hydrogens (tertiary/aromatic N) is 2. The van der Waals surface area contributed by atoms with E-state index in [1.807, 2.05) is 12.1 Å². The molecule has 132 valence electrons. The lowest BCUT2D eigenvalue weighted by atomic mass is 10.1. The Morgan fingerprint density at radius 3 is 2.24 bits per heavy atom. The molecule has 0 bridgehead atoms. The Bertz CT molecular complexity index is 867. The first kappa shape index (κ1) is 17.3. The Morgan fingerprint density at radius 1 is 1.04 bits per heavy atom. The predicted octanol–water partition coefficient (Wildman–Crippen LogP) is 3.84. The second kappa shape index (κ2) is 7.15. The van der Waals surface area contributed by atoms with Gasteiger partial charge < -0.3 is 19.8 Å². The molecule has 3 rings (SSSR count). The Labute approximate surface area is 148 Å². The molecular formula is C20H25N3O2. The van der Waals surface area contributed by atoms with Crippen LogP contribution in [-0.4, -0.2) is 23.8 Å². The van der Waals surface area contributed by atoms with E-state index in [1.54, 1.807) is 14.2 Å². The molecule has 0 spiro atoms. The van der Waals surface area contributed by atoms with Crippen LogP contribution in [0.2, 0.25) is 0 Å². The molecule has 0 saturated carbocycles. The zero-order valence-corrected chi connectivity index (χ0v) is 15.2. The van der Waals surface area contributed by atoms with Crippen LogP contribution in [0.25, 0.3) is 22.4 Å². The fourth-order valence-electron chi connectivity index (χ4n) is 3.01. The van der Waals surface area contributed by atoms with Crippen LogP contribution < -0.4 is 15.2 Å². The zero-order valence-electron chi connectivity index (χ0n) is 15.2. The van der Waals surface area contributed by atoms with Crippen molar-refractivity contribution in [1.29, 1.82) is 0 Å². The highest BCUT2D eigenvalue weighted by molar-refractivity contribution is 5.84. The Kier molecular flexibility index (Phi) is 4.95. The van der Waals surface area contributed by atoms with E-state index in [1.165, 1.54) is 0 Å². The number of fused-ring (bicyclic) bond motifs is 1. The summed E-state index contributed by atoms with van der Waals surface area (Å²) in [5, 5.41) is 0. The van der Waals surface area contributed by atoms with E-state index in [-0.39, 0.29) is 0 Å². The summed E-state index contributed by atoms with van der Waals surface area (Å²) in [7, 11) is 3.29. The number of hydrogen-bond donors (Lipinski definition) is 1. The van der Waals surface area contributed by atoms with Gasteiger partial charge in [0.05, 0.1) is 25.3 Å². The summed E-state index contributed by atoms with van der Waals surface area (Å²) in [6, 6.07) is 12.2. The first-order valence-electron chi connectivity index (χ1n) is 8.49. The number of rotatable bonds is 6. The third kappa shape index (κ3) is 3.33. The molecule has 3 aromatic rings. The molecule has 5 heteroatoms. The van der Waals surface area contributed by atoms with Gasteiger partial charge in [-0.3, -0.25) is 0 Å². The van der Waals surface area contributed by atoms with Crippen molar-refractivity contribution in [3.63, 3.8) is 0 Å². The number of hydrogen-bond acceptors (Lipinski definition) is 4. The van der Waals surface area contributed by atoms with Crippen molar-refractivity contribution in [3.8, 4) is 22.9 Å². The largest absolute Gasteiger partial charge is 0.493 e. The lowest BCUT2D eigenvalue weighted by molar-refractivity contribution is 0.355. The van der Waals surface area contributed by atoms with Crippen molar-refractivity contribution >= 4 is 11.0 Å². The van der Waals surface area contributed by atoms with Crippen LogP contribution in [0.4, 0.5) is 0 Å². The third-order valence-corrected chi connectivity index (χ3v) is 4.25. The molecule has 0 radical (unpaired) electrons. The number of nitrogens with two attached hydrogens (primary N) is 1. The van der Waals surface area contributed by atoms with Gasteiger partial charge in [-0.15, -0.1) is 0 Å². The van der Waals surface area contributed by atoms with Crippen molar-refractivity contribution in [2.24, 2.45) is 11.7 Å². The van der Waals surface area contributed by atoms with E-state index in [4.69, 9.17) is 20.2 Å². The third-order valence-electron chi connectivity index (χ3n) is 4.25. The first-order chi connectivity index (χ1) is 12.1. The van der Waals surface area contributed by atoms with Gasteiger partial charge in [-0.25, -0.2) is 4.98 Å². The summed E-state index contributed by atoms with van der Waals surface area (Å²) < 4.78 is 13.1. The Hall–Kier alpha value is -2.53. The molecule has 5 nitrogen and oxygen atoms in total. The molecule has 0 aliphatic carbocycles. The summed E-state index contributed by atoms with van der Waals surface area (Å²) in [6.45, 7) is 5.82. The Balaban J connectivity index is 2.21. The molecule has 0 aliphatic heterocycles. The maximum Gasteiger partial charge on any atom is 0.163 e. The average molecular weight is 339 g/mol. The fourth-order valence-corrected chi connectivity index (χ4v) is 3.01. The molecule has 0 saturated heterocycles. The summed E-state index contributed by atoms with van der Waals surface area (Å²) in [5.74, 6) is 2.84. The topological polar surface area (TPSA) is 62.3 Å². The molecular weight excluding hydrogens is 314 g/mol. The van der Waals surface area contributed by atoms with Crippen molar-refractivity contribution < 1.29 is 9.47 Å². The maximum absolute atomic E-state index is 5.71. The summed E-state index contributed by atoms with van der Waals surface area (Å²) in [4.78, 5) is 4.87. The van der Waals surface area contributed by atoms with Crippen LogP contribution in [-0.2, 0) is 13.1 Å². The highest BCUT2D eigenvalue weighted by atomic mass is 16.5. The summed E-state index contributed by atoms with van der Waals surface area (Å²) in [6.07, 6.45) is 0. The first-order valence-corrected chi connectivity index (χ1v) is 8.49. The molecule has 0 amide bonds. The Morgan fingerprint density at radius 2 is 1.68 bits per heavy atom. The van der Waals surface area contributed by atoms with Gasteiger partial charge in [0, 0.05) is 30.8 Å². The van der Waals surface area contributed by atoms with E-state index < -0.39 is 0 Å². The minimum atomic E-state index is 0.493. The molecule has 1 aromatic heterocycles. The number of imidazole rings is 1. The minimum Gasteiger partial charge on any atom is -0.493 e. The van der Waals surface area contributed by atoms with Gasteiger partial charge in [-0.1, -0.05) is 38.1 Å². The standard InChI is InChI=1S/C20H25N3O2/c1-13(2)12-23-17-10-19(25-4)18(24-3)9-16(17)22-20(23)15-7-5-14(11-21)6-8-15/h5-10,13H,11-12,21H2,1-4H3. The van der Waals surface area contributed by atoms with Crippen LogP contribution in [0.3, 0.4) is 0 Å². The molecule has 0 atom stereocenters.